The zero-order valence-electron chi connectivity index (χ0n) is 12.6. The average Bonchev–Trinajstić information content (AvgIpc) is 2.78. The van der Waals surface area contributed by atoms with E-state index in [2.05, 4.69) is 10.2 Å². The highest BCUT2D eigenvalue weighted by atomic mass is 16.5. The van der Waals surface area contributed by atoms with Gasteiger partial charge in [-0.05, 0) is 44.0 Å². The van der Waals surface area contributed by atoms with E-state index in [9.17, 15) is 4.79 Å². The lowest BCUT2D eigenvalue weighted by atomic mass is 10.1. The minimum atomic E-state index is 0.0574. The van der Waals surface area contributed by atoms with Crippen LogP contribution in [0.2, 0.25) is 0 Å². The molecule has 0 aromatic heterocycles. The predicted octanol–water partition coefficient (Wildman–Crippen LogP) is 1.67. The van der Waals surface area contributed by atoms with Crippen molar-refractivity contribution in [3.8, 4) is 11.5 Å². The standard InChI is InChI=1S/C16H22N2O3/c1-20-13-5-6-15(21-2)14(9-13)16(19)18-11-3-4-12(18)10-17-8-7-11/h5-6,9,11-12,17H,3-4,7-8,10H2,1-2H3. The van der Waals surface area contributed by atoms with Crippen LogP contribution >= 0.6 is 0 Å². The van der Waals surface area contributed by atoms with Gasteiger partial charge in [-0.2, -0.15) is 0 Å². The smallest absolute Gasteiger partial charge is 0.258 e. The molecule has 2 atom stereocenters. The van der Waals surface area contributed by atoms with Crippen molar-refractivity contribution >= 4 is 5.91 Å². The Morgan fingerprint density at radius 3 is 2.76 bits per heavy atom. The molecule has 2 fully saturated rings. The summed E-state index contributed by atoms with van der Waals surface area (Å²) in [5.74, 6) is 1.35. The third-order valence-corrected chi connectivity index (χ3v) is 4.53. The van der Waals surface area contributed by atoms with Crippen LogP contribution in [0.3, 0.4) is 0 Å². The Kier molecular flexibility index (Phi) is 4.01. The van der Waals surface area contributed by atoms with Crippen molar-refractivity contribution in [2.24, 2.45) is 0 Å². The summed E-state index contributed by atoms with van der Waals surface area (Å²) in [6, 6.07) is 6.02. The maximum Gasteiger partial charge on any atom is 0.258 e. The zero-order valence-corrected chi connectivity index (χ0v) is 12.6. The summed E-state index contributed by atoms with van der Waals surface area (Å²) in [4.78, 5) is 15.1. The van der Waals surface area contributed by atoms with Gasteiger partial charge in [-0.25, -0.2) is 0 Å². The highest BCUT2D eigenvalue weighted by molar-refractivity contribution is 5.98. The number of ether oxygens (including phenoxy) is 2. The van der Waals surface area contributed by atoms with Crippen molar-refractivity contribution in [1.82, 2.24) is 10.2 Å². The van der Waals surface area contributed by atoms with Gasteiger partial charge in [0, 0.05) is 18.6 Å². The summed E-state index contributed by atoms with van der Waals surface area (Å²) in [5.41, 5.74) is 0.593. The monoisotopic (exact) mass is 290 g/mol. The van der Waals surface area contributed by atoms with Gasteiger partial charge in [0.15, 0.2) is 0 Å². The molecule has 0 radical (unpaired) electrons. The SMILES string of the molecule is COc1ccc(OC)c(C(=O)N2C3CCNCC2CC3)c1. The van der Waals surface area contributed by atoms with E-state index in [4.69, 9.17) is 9.47 Å². The number of carbonyl (C=O) groups is 1. The van der Waals surface area contributed by atoms with E-state index < -0.39 is 0 Å². The third-order valence-electron chi connectivity index (χ3n) is 4.53. The van der Waals surface area contributed by atoms with Crippen LogP contribution in [-0.2, 0) is 0 Å². The molecule has 2 bridgehead atoms. The molecule has 2 heterocycles. The van der Waals surface area contributed by atoms with Gasteiger partial charge in [0.1, 0.15) is 11.5 Å². The largest absolute Gasteiger partial charge is 0.497 e. The number of hydrogen-bond acceptors (Lipinski definition) is 4. The first kappa shape index (κ1) is 14.2. The normalized spacial score (nSPS) is 24.6. The van der Waals surface area contributed by atoms with Crippen molar-refractivity contribution in [2.75, 3.05) is 27.3 Å². The molecule has 5 heteroatoms. The van der Waals surface area contributed by atoms with Gasteiger partial charge in [0.25, 0.3) is 5.91 Å². The highest BCUT2D eigenvalue weighted by Crippen LogP contribution is 2.33. The van der Waals surface area contributed by atoms with Crippen LogP contribution < -0.4 is 14.8 Å². The van der Waals surface area contributed by atoms with Crippen molar-refractivity contribution in [2.45, 2.75) is 31.3 Å². The summed E-state index contributed by atoms with van der Waals surface area (Å²) >= 11 is 0. The number of amides is 1. The van der Waals surface area contributed by atoms with Gasteiger partial charge in [-0.1, -0.05) is 0 Å². The average molecular weight is 290 g/mol. The number of rotatable bonds is 3. The number of carbonyl (C=O) groups excluding carboxylic acids is 1. The van der Waals surface area contributed by atoms with Crippen LogP contribution in [0.25, 0.3) is 0 Å². The van der Waals surface area contributed by atoms with E-state index in [0.29, 0.717) is 29.1 Å². The highest BCUT2D eigenvalue weighted by Gasteiger charge is 2.39. The number of benzene rings is 1. The van der Waals surface area contributed by atoms with Gasteiger partial charge in [-0.15, -0.1) is 0 Å². The fraction of sp³-hybridized carbons (Fsp3) is 0.562. The molecule has 0 spiro atoms. The first-order chi connectivity index (χ1) is 10.2. The number of nitrogens with one attached hydrogen (secondary N) is 1. The molecular weight excluding hydrogens is 268 g/mol. The van der Waals surface area contributed by atoms with E-state index in [1.54, 1.807) is 26.4 Å². The van der Waals surface area contributed by atoms with Crippen LogP contribution in [0, 0.1) is 0 Å². The molecule has 2 aliphatic heterocycles. The molecule has 1 N–H and O–H groups in total. The van der Waals surface area contributed by atoms with Crippen molar-refractivity contribution in [3.63, 3.8) is 0 Å². The second-order valence-corrected chi connectivity index (χ2v) is 5.66. The topological polar surface area (TPSA) is 50.8 Å². The van der Waals surface area contributed by atoms with Crippen LogP contribution in [0.1, 0.15) is 29.6 Å². The van der Waals surface area contributed by atoms with Gasteiger partial charge in [0.05, 0.1) is 19.8 Å². The zero-order chi connectivity index (χ0) is 14.8. The Morgan fingerprint density at radius 2 is 2.00 bits per heavy atom. The molecule has 2 unspecified atom stereocenters. The Bertz CT molecular complexity index is 518. The van der Waals surface area contributed by atoms with E-state index in [0.717, 1.165) is 32.4 Å². The lowest BCUT2D eigenvalue weighted by molar-refractivity contribution is 0.0676. The second kappa shape index (κ2) is 5.93. The van der Waals surface area contributed by atoms with E-state index in [-0.39, 0.29) is 5.91 Å². The molecule has 2 aliphatic rings. The Hall–Kier alpha value is -1.75. The fourth-order valence-electron chi connectivity index (χ4n) is 3.43. The second-order valence-electron chi connectivity index (χ2n) is 5.66. The number of methoxy groups -OCH3 is 2. The van der Waals surface area contributed by atoms with E-state index in [1.807, 2.05) is 6.07 Å². The number of hydrogen-bond donors (Lipinski definition) is 1. The molecule has 0 saturated carbocycles. The Balaban J connectivity index is 1.94. The van der Waals surface area contributed by atoms with Gasteiger partial charge >= 0.3 is 0 Å². The minimum Gasteiger partial charge on any atom is -0.497 e. The Labute approximate surface area is 125 Å². The van der Waals surface area contributed by atoms with Crippen LogP contribution in [0.4, 0.5) is 0 Å². The molecule has 5 nitrogen and oxygen atoms in total. The number of nitrogens with zero attached hydrogens (tertiary/aromatic N) is 1. The van der Waals surface area contributed by atoms with Crippen LogP contribution in [0.5, 0.6) is 11.5 Å². The summed E-state index contributed by atoms with van der Waals surface area (Å²) in [6.45, 7) is 1.87. The molecule has 1 amide bonds. The molecule has 21 heavy (non-hydrogen) atoms. The van der Waals surface area contributed by atoms with E-state index >= 15 is 0 Å². The van der Waals surface area contributed by atoms with Crippen LogP contribution in [-0.4, -0.2) is 50.2 Å². The molecule has 114 valence electrons. The number of fused-ring (bicyclic) bond motifs is 2. The molecule has 0 aliphatic carbocycles. The maximum absolute atomic E-state index is 13.0. The van der Waals surface area contributed by atoms with Crippen LogP contribution in [0.15, 0.2) is 18.2 Å². The lowest BCUT2D eigenvalue weighted by Gasteiger charge is -2.28. The minimum absolute atomic E-state index is 0.0574. The maximum atomic E-state index is 13.0. The molecule has 2 saturated heterocycles. The first-order valence-electron chi connectivity index (χ1n) is 7.50. The first-order valence-corrected chi connectivity index (χ1v) is 7.50. The third kappa shape index (κ3) is 2.58. The quantitative estimate of drug-likeness (QED) is 0.920. The lowest BCUT2D eigenvalue weighted by Crippen LogP contribution is -2.42. The summed E-state index contributed by atoms with van der Waals surface area (Å²) < 4.78 is 10.6. The van der Waals surface area contributed by atoms with Crippen molar-refractivity contribution in [1.29, 1.82) is 0 Å². The fourth-order valence-corrected chi connectivity index (χ4v) is 3.43. The summed E-state index contributed by atoms with van der Waals surface area (Å²) in [6.07, 6.45) is 3.20. The van der Waals surface area contributed by atoms with Gasteiger partial charge < -0.3 is 19.7 Å². The Morgan fingerprint density at radius 1 is 1.19 bits per heavy atom. The molecular formula is C16H22N2O3. The van der Waals surface area contributed by atoms with E-state index in [1.165, 1.54) is 0 Å². The molecule has 1 aromatic carbocycles. The molecule has 3 rings (SSSR count). The summed E-state index contributed by atoms with van der Waals surface area (Å²) in [5, 5.41) is 3.42. The van der Waals surface area contributed by atoms with Crippen molar-refractivity contribution in [3.05, 3.63) is 23.8 Å². The van der Waals surface area contributed by atoms with Crippen molar-refractivity contribution < 1.29 is 14.3 Å². The summed E-state index contributed by atoms with van der Waals surface area (Å²) in [7, 11) is 3.20. The van der Waals surface area contributed by atoms with Gasteiger partial charge in [-0.3, -0.25) is 4.79 Å². The molecule has 1 aromatic rings. The van der Waals surface area contributed by atoms with Gasteiger partial charge in [0.2, 0.25) is 0 Å². The predicted molar refractivity (Wildman–Crippen MR) is 80.0 cm³/mol.